The molecule has 0 radical (unpaired) electrons. The average molecular weight is 303 g/mol. The average Bonchev–Trinajstić information content (AvgIpc) is 2.49. The topological polar surface area (TPSA) is 76.4 Å². The molecule has 0 unspecified atom stereocenters. The summed E-state index contributed by atoms with van der Waals surface area (Å²) in [5.41, 5.74) is 0.0337. The fourth-order valence-electron chi connectivity index (χ4n) is 1.73. The van der Waals surface area contributed by atoms with Crippen LogP contribution in [-0.2, 0) is 10.1 Å². The third-order valence-corrected chi connectivity index (χ3v) is 3.92. The summed E-state index contributed by atoms with van der Waals surface area (Å²) in [6, 6.07) is 14.2. The molecule has 0 saturated carbocycles. The molecule has 0 bridgehead atoms. The van der Waals surface area contributed by atoms with Gasteiger partial charge in [-0.1, -0.05) is 24.3 Å². The molecule has 6 heteroatoms. The molecule has 2 rings (SSSR count). The summed E-state index contributed by atoms with van der Waals surface area (Å²) in [5.74, 6) is 0.421. The Hall–Kier alpha value is -2.52. The van der Waals surface area contributed by atoms with E-state index < -0.39 is 10.1 Å². The number of benzene rings is 2. The SMILES string of the molecule is CCOc1ccccc1OS(=O)(=O)c1ccccc1C#N. The summed E-state index contributed by atoms with van der Waals surface area (Å²) >= 11 is 0. The highest BCUT2D eigenvalue weighted by atomic mass is 32.2. The minimum absolute atomic E-state index is 0.0337. The largest absolute Gasteiger partial charge is 0.490 e. The minimum Gasteiger partial charge on any atom is -0.490 e. The first-order chi connectivity index (χ1) is 10.1. The van der Waals surface area contributed by atoms with Crippen LogP contribution in [0.5, 0.6) is 11.5 Å². The molecular weight excluding hydrogens is 290 g/mol. The molecular formula is C15H13NO4S. The lowest BCUT2D eigenvalue weighted by molar-refractivity contribution is 0.327. The van der Waals surface area contributed by atoms with Crippen molar-refractivity contribution in [3.63, 3.8) is 0 Å². The molecule has 0 aliphatic rings. The van der Waals surface area contributed by atoms with E-state index in [1.165, 1.54) is 24.3 Å². The van der Waals surface area contributed by atoms with Crippen molar-refractivity contribution in [1.29, 1.82) is 5.26 Å². The van der Waals surface area contributed by atoms with Crippen LogP contribution in [-0.4, -0.2) is 15.0 Å². The molecule has 0 aliphatic heterocycles. The second-order valence-electron chi connectivity index (χ2n) is 4.03. The van der Waals surface area contributed by atoms with Crippen molar-refractivity contribution >= 4 is 10.1 Å². The summed E-state index contributed by atoms with van der Waals surface area (Å²) in [6.45, 7) is 2.17. The van der Waals surface area contributed by atoms with Crippen molar-refractivity contribution in [2.45, 2.75) is 11.8 Å². The highest BCUT2D eigenvalue weighted by molar-refractivity contribution is 7.87. The zero-order chi connectivity index (χ0) is 15.3. The molecule has 5 nitrogen and oxygen atoms in total. The third kappa shape index (κ3) is 3.33. The van der Waals surface area contributed by atoms with Crippen LogP contribution in [0.2, 0.25) is 0 Å². The quantitative estimate of drug-likeness (QED) is 0.794. The molecule has 108 valence electrons. The summed E-state index contributed by atoms with van der Waals surface area (Å²) in [7, 11) is -4.10. The molecule has 0 N–H and O–H groups in total. The summed E-state index contributed by atoms with van der Waals surface area (Å²) < 4.78 is 35.0. The van der Waals surface area contributed by atoms with Crippen molar-refractivity contribution in [3.05, 3.63) is 54.1 Å². The van der Waals surface area contributed by atoms with Crippen LogP contribution in [0, 0.1) is 11.3 Å². The van der Waals surface area contributed by atoms with E-state index in [2.05, 4.69) is 0 Å². The lowest BCUT2D eigenvalue weighted by Gasteiger charge is -2.12. The number of nitrogens with zero attached hydrogens (tertiary/aromatic N) is 1. The Kier molecular flexibility index (Phi) is 4.45. The molecule has 0 atom stereocenters. The zero-order valence-electron chi connectivity index (χ0n) is 11.3. The molecule has 0 aromatic heterocycles. The van der Waals surface area contributed by atoms with Crippen molar-refractivity contribution in [3.8, 4) is 17.6 Å². The van der Waals surface area contributed by atoms with E-state index in [0.717, 1.165) is 0 Å². The second-order valence-corrected chi connectivity index (χ2v) is 5.54. The Labute approximate surface area is 123 Å². The van der Waals surface area contributed by atoms with E-state index in [-0.39, 0.29) is 16.2 Å². The Morgan fingerprint density at radius 3 is 2.33 bits per heavy atom. The minimum atomic E-state index is -4.10. The molecule has 21 heavy (non-hydrogen) atoms. The van der Waals surface area contributed by atoms with Gasteiger partial charge in [0.05, 0.1) is 12.2 Å². The van der Waals surface area contributed by atoms with Crippen LogP contribution < -0.4 is 8.92 Å². The maximum atomic E-state index is 12.3. The van der Waals surface area contributed by atoms with Crippen molar-refractivity contribution in [2.75, 3.05) is 6.61 Å². The summed E-state index contributed by atoms with van der Waals surface area (Å²) in [4.78, 5) is -0.168. The Balaban J connectivity index is 2.41. The predicted molar refractivity (Wildman–Crippen MR) is 76.6 cm³/mol. The van der Waals surface area contributed by atoms with Crippen LogP contribution in [0.15, 0.2) is 53.4 Å². The van der Waals surface area contributed by atoms with E-state index in [9.17, 15) is 8.42 Å². The van der Waals surface area contributed by atoms with Crippen molar-refractivity contribution in [2.24, 2.45) is 0 Å². The first-order valence-electron chi connectivity index (χ1n) is 6.24. The highest BCUT2D eigenvalue weighted by Gasteiger charge is 2.22. The van der Waals surface area contributed by atoms with Gasteiger partial charge in [0.1, 0.15) is 11.0 Å². The number of rotatable bonds is 5. The molecule has 0 aliphatic carbocycles. The lowest BCUT2D eigenvalue weighted by atomic mass is 10.2. The van der Waals surface area contributed by atoms with Gasteiger partial charge in [-0.05, 0) is 31.2 Å². The van der Waals surface area contributed by atoms with E-state index in [0.29, 0.717) is 12.4 Å². The standard InChI is InChI=1S/C15H13NO4S/c1-2-19-13-8-4-5-9-14(13)20-21(17,18)15-10-6-3-7-12(15)11-16/h3-10H,2H2,1H3. The molecule has 0 spiro atoms. The van der Waals surface area contributed by atoms with Gasteiger partial charge in [0.2, 0.25) is 0 Å². The molecule has 0 amide bonds. The van der Waals surface area contributed by atoms with E-state index >= 15 is 0 Å². The van der Waals surface area contributed by atoms with E-state index in [4.69, 9.17) is 14.2 Å². The molecule has 2 aromatic carbocycles. The monoisotopic (exact) mass is 303 g/mol. The van der Waals surface area contributed by atoms with E-state index in [1.54, 1.807) is 31.2 Å². The van der Waals surface area contributed by atoms with Gasteiger partial charge in [-0.2, -0.15) is 13.7 Å². The second kappa shape index (κ2) is 6.29. The molecule has 0 fully saturated rings. The normalized spacial score (nSPS) is 10.7. The number of hydrogen-bond donors (Lipinski definition) is 0. The van der Waals surface area contributed by atoms with Gasteiger partial charge in [-0.25, -0.2) is 0 Å². The molecule has 2 aromatic rings. The fourth-order valence-corrected chi connectivity index (χ4v) is 2.83. The molecule has 0 heterocycles. The smallest absolute Gasteiger partial charge is 0.340 e. The van der Waals surface area contributed by atoms with Gasteiger partial charge in [0.15, 0.2) is 11.5 Å². The maximum absolute atomic E-state index is 12.3. The van der Waals surface area contributed by atoms with Crippen LogP contribution in [0.3, 0.4) is 0 Å². The summed E-state index contributed by atoms with van der Waals surface area (Å²) in [6.07, 6.45) is 0. The van der Waals surface area contributed by atoms with Gasteiger partial charge in [-0.15, -0.1) is 0 Å². The number of ether oxygens (including phenoxy) is 1. The van der Waals surface area contributed by atoms with Crippen LogP contribution in [0.25, 0.3) is 0 Å². The van der Waals surface area contributed by atoms with Crippen molar-refractivity contribution < 1.29 is 17.3 Å². The highest BCUT2D eigenvalue weighted by Crippen LogP contribution is 2.30. The van der Waals surface area contributed by atoms with Gasteiger partial charge >= 0.3 is 10.1 Å². The number of hydrogen-bond acceptors (Lipinski definition) is 5. The zero-order valence-corrected chi connectivity index (χ0v) is 12.1. The van der Waals surface area contributed by atoms with E-state index in [1.807, 2.05) is 6.07 Å². The molecule has 0 saturated heterocycles. The van der Waals surface area contributed by atoms with Crippen molar-refractivity contribution in [1.82, 2.24) is 0 Å². The first-order valence-corrected chi connectivity index (χ1v) is 7.64. The first kappa shape index (κ1) is 14.9. The van der Waals surface area contributed by atoms with Gasteiger partial charge in [0, 0.05) is 0 Å². The maximum Gasteiger partial charge on any atom is 0.340 e. The van der Waals surface area contributed by atoms with Crippen LogP contribution in [0.4, 0.5) is 0 Å². The fraction of sp³-hybridized carbons (Fsp3) is 0.133. The number of nitriles is 1. The third-order valence-electron chi connectivity index (χ3n) is 2.63. The Bertz CT molecular complexity index is 778. The van der Waals surface area contributed by atoms with Gasteiger partial charge in [0.25, 0.3) is 0 Å². The van der Waals surface area contributed by atoms with Gasteiger partial charge < -0.3 is 8.92 Å². The van der Waals surface area contributed by atoms with Crippen LogP contribution in [0.1, 0.15) is 12.5 Å². The lowest BCUT2D eigenvalue weighted by Crippen LogP contribution is -2.12. The van der Waals surface area contributed by atoms with Gasteiger partial charge in [-0.3, -0.25) is 0 Å². The summed E-state index contributed by atoms with van der Waals surface area (Å²) in [5, 5.41) is 8.99. The Morgan fingerprint density at radius 2 is 1.67 bits per heavy atom. The predicted octanol–water partition coefficient (Wildman–Crippen LogP) is 2.72. The van der Waals surface area contributed by atoms with Crippen LogP contribution >= 0.6 is 0 Å². The number of para-hydroxylation sites is 2. The Morgan fingerprint density at radius 1 is 1.05 bits per heavy atom.